The van der Waals surface area contributed by atoms with Crippen LogP contribution in [0.25, 0.3) is 0 Å². The zero-order valence-corrected chi connectivity index (χ0v) is 17.4. The van der Waals surface area contributed by atoms with Crippen molar-refractivity contribution in [3.8, 4) is 0 Å². The van der Waals surface area contributed by atoms with Crippen molar-refractivity contribution in [2.75, 3.05) is 10.6 Å². The maximum Gasteiger partial charge on any atom is 0.230 e. The van der Waals surface area contributed by atoms with Crippen LogP contribution in [0.2, 0.25) is 0 Å². The maximum absolute atomic E-state index is 12.4. The molecule has 1 aliphatic carbocycles. The molecule has 1 aromatic heterocycles. The molecule has 5 heteroatoms. The number of rotatable bonds is 7. The minimum Gasteiger partial charge on any atom is -0.382 e. The molecule has 0 spiro atoms. The Morgan fingerprint density at radius 1 is 0.966 bits per heavy atom. The Balaban J connectivity index is 1.27. The molecule has 4 rings (SSSR count). The third-order valence-corrected chi connectivity index (χ3v) is 6.18. The van der Waals surface area contributed by atoms with Crippen molar-refractivity contribution in [1.82, 2.24) is 4.98 Å². The molecule has 2 N–H and O–H groups in total. The van der Waals surface area contributed by atoms with Crippen LogP contribution in [-0.2, 0) is 17.6 Å². The monoisotopic (exact) mass is 405 g/mol. The Labute approximate surface area is 176 Å². The van der Waals surface area contributed by atoms with Crippen LogP contribution in [0.1, 0.15) is 48.4 Å². The van der Waals surface area contributed by atoms with E-state index >= 15 is 0 Å². The van der Waals surface area contributed by atoms with Gasteiger partial charge in [0.1, 0.15) is 0 Å². The van der Waals surface area contributed by atoms with Gasteiger partial charge in [0, 0.05) is 29.2 Å². The van der Waals surface area contributed by atoms with E-state index in [1.807, 2.05) is 47.8 Å². The highest BCUT2D eigenvalue weighted by Gasteiger charge is 2.13. The van der Waals surface area contributed by atoms with E-state index in [1.54, 1.807) is 11.3 Å². The predicted octanol–water partition coefficient (Wildman–Crippen LogP) is 5.66. The SMILES string of the molecule is O=C(Cc1csc(Cc2ccccc2)n1)Nc1ccc(NC2CCCCC2)cc1. The molecular weight excluding hydrogens is 378 g/mol. The molecule has 1 saturated carbocycles. The summed E-state index contributed by atoms with van der Waals surface area (Å²) < 4.78 is 0. The van der Waals surface area contributed by atoms with Crippen molar-refractivity contribution in [3.05, 3.63) is 76.2 Å². The van der Waals surface area contributed by atoms with Gasteiger partial charge in [-0.15, -0.1) is 11.3 Å². The molecule has 29 heavy (non-hydrogen) atoms. The third kappa shape index (κ3) is 5.91. The second kappa shape index (κ2) is 9.70. The highest BCUT2D eigenvalue weighted by molar-refractivity contribution is 7.09. The van der Waals surface area contributed by atoms with Crippen LogP contribution >= 0.6 is 11.3 Å². The number of carbonyl (C=O) groups is 1. The molecule has 0 atom stereocenters. The number of nitrogens with one attached hydrogen (secondary N) is 2. The number of amides is 1. The highest BCUT2D eigenvalue weighted by Crippen LogP contribution is 2.23. The molecule has 0 unspecified atom stereocenters. The average Bonchev–Trinajstić information content (AvgIpc) is 3.17. The molecule has 1 heterocycles. The largest absolute Gasteiger partial charge is 0.382 e. The lowest BCUT2D eigenvalue weighted by Gasteiger charge is -2.23. The fourth-order valence-electron chi connectivity index (χ4n) is 3.78. The van der Waals surface area contributed by atoms with E-state index in [9.17, 15) is 4.79 Å². The van der Waals surface area contributed by atoms with Gasteiger partial charge in [-0.1, -0.05) is 49.6 Å². The van der Waals surface area contributed by atoms with Gasteiger partial charge in [0.2, 0.25) is 5.91 Å². The van der Waals surface area contributed by atoms with Crippen LogP contribution in [0.15, 0.2) is 60.0 Å². The Kier molecular flexibility index (Phi) is 6.57. The van der Waals surface area contributed by atoms with Gasteiger partial charge in [0.25, 0.3) is 0 Å². The van der Waals surface area contributed by atoms with Gasteiger partial charge in [0.05, 0.1) is 17.1 Å². The fraction of sp³-hybridized carbons (Fsp3) is 0.333. The maximum atomic E-state index is 12.4. The van der Waals surface area contributed by atoms with Crippen LogP contribution in [0.4, 0.5) is 11.4 Å². The molecule has 1 fully saturated rings. The standard InChI is InChI=1S/C24H27N3OS/c28-23(16-22-17-29-24(27-22)15-18-7-3-1-4-8-18)26-21-13-11-20(12-14-21)25-19-9-5-2-6-10-19/h1,3-4,7-8,11-14,17,19,25H,2,5-6,9-10,15-16H2,(H,26,28). The van der Waals surface area contributed by atoms with Gasteiger partial charge in [-0.25, -0.2) is 4.98 Å². The van der Waals surface area contributed by atoms with E-state index in [1.165, 1.54) is 37.7 Å². The second-order valence-corrected chi connectivity index (χ2v) is 8.62. The number of anilines is 2. The zero-order chi connectivity index (χ0) is 19.9. The van der Waals surface area contributed by atoms with Crippen molar-refractivity contribution in [3.63, 3.8) is 0 Å². The predicted molar refractivity (Wildman–Crippen MR) is 121 cm³/mol. The van der Waals surface area contributed by atoms with Gasteiger partial charge < -0.3 is 10.6 Å². The van der Waals surface area contributed by atoms with Gasteiger partial charge in [-0.3, -0.25) is 4.79 Å². The van der Waals surface area contributed by atoms with E-state index < -0.39 is 0 Å². The molecule has 3 aromatic rings. The van der Waals surface area contributed by atoms with Crippen molar-refractivity contribution >= 4 is 28.6 Å². The van der Waals surface area contributed by atoms with Gasteiger partial charge >= 0.3 is 0 Å². The van der Waals surface area contributed by atoms with Crippen LogP contribution < -0.4 is 10.6 Å². The minimum atomic E-state index is -0.0328. The third-order valence-electron chi connectivity index (χ3n) is 5.28. The summed E-state index contributed by atoms with van der Waals surface area (Å²) in [6.45, 7) is 0. The van der Waals surface area contributed by atoms with Gasteiger partial charge in [0.15, 0.2) is 0 Å². The molecule has 0 radical (unpaired) electrons. The Bertz CT molecular complexity index is 915. The summed E-state index contributed by atoms with van der Waals surface area (Å²) in [5, 5.41) is 9.60. The number of thiazole rings is 1. The summed E-state index contributed by atoms with van der Waals surface area (Å²) in [4.78, 5) is 17.0. The van der Waals surface area contributed by atoms with Crippen molar-refractivity contribution in [2.45, 2.75) is 51.0 Å². The van der Waals surface area contributed by atoms with Crippen LogP contribution in [0.3, 0.4) is 0 Å². The Morgan fingerprint density at radius 2 is 1.69 bits per heavy atom. The van der Waals surface area contributed by atoms with E-state index in [2.05, 4.69) is 27.8 Å². The van der Waals surface area contributed by atoms with E-state index in [0.29, 0.717) is 12.5 Å². The zero-order valence-electron chi connectivity index (χ0n) is 16.6. The topological polar surface area (TPSA) is 54.0 Å². The van der Waals surface area contributed by atoms with Crippen LogP contribution in [-0.4, -0.2) is 16.9 Å². The van der Waals surface area contributed by atoms with Gasteiger partial charge in [-0.2, -0.15) is 0 Å². The number of nitrogens with zero attached hydrogens (tertiary/aromatic N) is 1. The molecule has 0 saturated heterocycles. The number of carbonyl (C=O) groups excluding carboxylic acids is 1. The molecular formula is C24H27N3OS. The van der Waals surface area contributed by atoms with E-state index in [-0.39, 0.29) is 5.91 Å². The summed E-state index contributed by atoms with van der Waals surface area (Å²) in [7, 11) is 0. The molecule has 0 bridgehead atoms. The lowest BCUT2D eigenvalue weighted by Crippen LogP contribution is -2.22. The Hall–Kier alpha value is -2.66. The van der Waals surface area contributed by atoms with Gasteiger partial charge in [-0.05, 0) is 42.7 Å². The normalized spacial score (nSPS) is 14.5. The van der Waals surface area contributed by atoms with Crippen LogP contribution in [0, 0.1) is 0 Å². The molecule has 1 aliphatic rings. The number of hydrogen-bond acceptors (Lipinski definition) is 4. The minimum absolute atomic E-state index is 0.0328. The number of aromatic nitrogens is 1. The molecule has 0 aliphatic heterocycles. The highest BCUT2D eigenvalue weighted by atomic mass is 32.1. The molecule has 1 amide bonds. The van der Waals surface area contributed by atoms with E-state index in [0.717, 1.165) is 28.5 Å². The number of benzene rings is 2. The lowest BCUT2D eigenvalue weighted by molar-refractivity contribution is -0.115. The number of hydrogen-bond donors (Lipinski definition) is 2. The lowest BCUT2D eigenvalue weighted by atomic mass is 9.95. The first-order valence-electron chi connectivity index (χ1n) is 10.4. The molecule has 2 aromatic carbocycles. The van der Waals surface area contributed by atoms with Crippen molar-refractivity contribution < 1.29 is 4.79 Å². The average molecular weight is 406 g/mol. The first-order valence-corrected chi connectivity index (χ1v) is 11.3. The second-order valence-electron chi connectivity index (χ2n) is 7.68. The summed E-state index contributed by atoms with van der Waals surface area (Å²) in [6.07, 6.45) is 7.59. The summed E-state index contributed by atoms with van der Waals surface area (Å²) in [6, 6.07) is 18.9. The summed E-state index contributed by atoms with van der Waals surface area (Å²) >= 11 is 1.61. The first kappa shape index (κ1) is 19.6. The smallest absolute Gasteiger partial charge is 0.230 e. The fourth-order valence-corrected chi connectivity index (χ4v) is 4.61. The molecule has 4 nitrogen and oxygen atoms in total. The van der Waals surface area contributed by atoms with Crippen molar-refractivity contribution in [1.29, 1.82) is 0 Å². The van der Waals surface area contributed by atoms with Crippen LogP contribution in [0.5, 0.6) is 0 Å². The van der Waals surface area contributed by atoms with Crippen molar-refractivity contribution in [2.24, 2.45) is 0 Å². The quantitative estimate of drug-likeness (QED) is 0.533. The summed E-state index contributed by atoms with van der Waals surface area (Å²) in [5.41, 5.74) is 4.01. The molecule has 150 valence electrons. The van der Waals surface area contributed by atoms with E-state index in [4.69, 9.17) is 0 Å². The first-order chi connectivity index (χ1) is 14.2. The Morgan fingerprint density at radius 3 is 2.45 bits per heavy atom. The summed E-state index contributed by atoms with van der Waals surface area (Å²) in [5.74, 6) is -0.0328.